The first-order valence-corrected chi connectivity index (χ1v) is 8.70. The van der Waals surface area contributed by atoms with Crippen LogP contribution in [0.3, 0.4) is 0 Å². The Hall–Kier alpha value is -3.10. The van der Waals surface area contributed by atoms with Gasteiger partial charge in [0.1, 0.15) is 5.82 Å². The molecule has 0 spiro atoms. The van der Waals surface area contributed by atoms with Crippen molar-refractivity contribution in [3.05, 3.63) is 36.5 Å². The number of halogens is 2. The second-order valence-corrected chi connectivity index (χ2v) is 6.90. The topological polar surface area (TPSA) is 72.9 Å². The third kappa shape index (κ3) is 2.45. The number of hydrogen-bond acceptors (Lipinski definition) is 5. The molecule has 0 amide bonds. The predicted octanol–water partition coefficient (Wildman–Crippen LogP) is 3.46. The summed E-state index contributed by atoms with van der Waals surface area (Å²) in [6.45, 7) is 1.83. The zero-order valence-corrected chi connectivity index (χ0v) is 14.8. The summed E-state index contributed by atoms with van der Waals surface area (Å²) in [7, 11) is 1.76. The molecule has 1 saturated carbocycles. The molecular weight excluding hydrogens is 352 g/mol. The van der Waals surface area contributed by atoms with Gasteiger partial charge in [-0.3, -0.25) is 0 Å². The largest absolute Gasteiger partial charge is 0.356 e. The molecule has 4 aromatic rings. The Bertz CT molecular complexity index is 1170. The first-order valence-electron chi connectivity index (χ1n) is 8.70. The Kier molecular flexibility index (Phi) is 3.25. The average Bonchev–Trinajstić information content (AvgIpc) is 3.18. The van der Waals surface area contributed by atoms with E-state index >= 15 is 0 Å². The Morgan fingerprint density at radius 1 is 1.19 bits per heavy atom. The van der Waals surface area contributed by atoms with E-state index in [9.17, 15) is 8.78 Å². The molecule has 138 valence electrons. The fraction of sp³-hybridized carbons (Fsp3) is 0.333. The molecule has 0 bridgehead atoms. The summed E-state index contributed by atoms with van der Waals surface area (Å²) < 4.78 is 30.4. The van der Waals surface area contributed by atoms with Gasteiger partial charge in [-0.15, -0.1) is 5.10 Å². The van der Waals surface area contributed by atoms with E-state index in [0.29, 0.717) is 17.4 Å². The molecule has 1 N–H and O–H groups in total. The number of rotatable bonds is 3. The Balaban J connectivity index is 1.63. The standard InChI is InChI=1S/C18H17F2N7/c1-10-24-16-14(27(10)12-6-18(19,20)7-12)5-11(8-22-16)13-3-4-26-15(13)9-23-17(21-2)25-26/h3-5,8-9,12H,6-7H2,1-2H3,(H,21,25). The van der Waals surface area contributed by atoms with Gasteiger partial charge in [-0.2, -0.15) is 0 Å². The monoisotopic (exact) mass is 369 g/mol. The van der Waals surface area contributed by atoms with E-state index in [4.69, 9.17) is 0 Å². The number of aromatic nitrogens is 6. The van der Waals surface area contributed by atoms with Crippen LogP contribution in [-0.4, -0.2) is 42.1 Å². The predicted molar refractivity (Wildman–Crippen MR) is 97.0 cm³/mol. The van der Waals surface area contributed by atoms with Crippen LogP contribution in [0.15, 0.2) is 30.7 Å². The first kappa shape index (κ1) is 16.1. The van der Waals surface area contributed by atoms with Gasteiger partial charge in [0.05, 0.1) is 17.2 Å². The molecule has 1 fully saturated rings. The SMILES string of the molecule is CNc1ncc2c(-c3cnc4nc(C)n(C5CC(F)(F)C5)c4c3)ccn2n1. The van der Waals surface area contributed by atoms with Crippen molar-refractivity contribution in [3.63, 3.8) is 0 Å². The fourth-order valence-electron chi connectivity index (χ4n) is 3.77. The maximum atomic E-state index is 13.4. The maximum absolute atomic E-state index is 13.4. The Labute approximate surface area is 153 Å². The molecule has 0 radical (unpaired) electrons. The van der Waals surface area contributed by atoms with Crippen molar-refractivity contribution in [1.82, 2.24) is 29.1 Å². The van der Waals surface area contributed by atoms with E-state index in [1.165, 1.54) is 0 Å². The molecule has 4 heterocycles. The van der Waals surface area contributed by atoms with Crippen molar-refractivity contribution in [1.29, 1.82) is 0 Å². The van der Waals surface area contributed by atoms with Crippen LogP contribution in [-0.2, 0) is 0 Å². The summed E-state index contributed by atoms with van der Waals surface area (Å²) in [5, 5.41) is 7.27. The van der Waals surface area contributed by atoms with Crippen molar-refractivity contribution in [2.24, 2.45) is 0 Å². The minimum atomic E-state index is -2.58. The highest BCUT2D eigenvalue weighted by Gasteiger charge is 2.47. The fourth-order valence-corrected chi connectivity index (χ4v) is 3.77. The number of nitrogens with zero attached hydrogens (tertiary/aromatic N) is 6. The summed E-state index contributed by atoms with van der Waals surface area (Å²) in [5.74, 6) is -1.35. The van der Waals surface area contributed by atoms with Crippen molar-refractivity contribution in [2.75, 3.05) is 12.4 Å². The molecule has 0 saturated heterocycles. The van der Waals surface area contributed by atoms with Crippen molar-refractivity contribution >= 4 is 22.6 Å². The molecule has 0 atom stereocenters. The summed E-state index contributed by atoms with van der Waals surface area (Å²) in [4.78, 5) is 13.2. The van der Waals surface area contributed by atoms with E-state index in [1.54, 1.807) is 24.0 Å². The lowest BCUT2D eigenvalue weighted by molar-refractivity contribution is -0.103. The lowest BCUT2D eigenvalue weighted by Gasteiger charge is -2.36. The summed E-state index contributed by atoms with van der Waals surface area (Å²) in [6.07, 6.45) is 5.04. The highest BCUT2D eigenvalue weighted by Crippen LogP contribution is 2.47. The molecule has 4 aromatic heterocycles. The Morgan fingerprint density at radius 3 is 2.74 bits per heavy atom. The van der Waals surface area contributed by atoms with E-state index in [-0.39, 0.29) is 18.9 Å². The van der Waals surface area contributed by atoms with E-state index in [0.717, 1.165) is 22.2 Å². The third-order valence-corrected chi connectivity index (χ3v) is 5.11. The number of fused-ring (bicyclic) bond motifs is 2. The highest BCUT2D eigenvalue weighted by molar-refractivity contribution is 5.85. The van der Waals surface area contributed by atoms with Crippen LogP contribution >= 0.6 is 0 Å². The van der Waals surface area contributed by atoms with E-state index < -0.39 is 5.92 Å². The highest BCUT2D eigenvalue weighted by atomic mass is 19.3. The minimum absolute atomic E-state index is 0.153. The molecule has 0 aliphatic heterocycles. The van der Waals surface area contributed by atoms with Crippen LogP contribution in [0.25, 0.3) is 27.8 Å². The van der Waals surface area contributed by atoms with E-state index in [2.05, 4.69) is 25.4 Å². The smallest absolute Gasteiger partial charge is 0.252 e. The second kappa shape index (κ2) is 5.45. The molecule has 7 nitrogen and oxygen atoms in total. The van der Waals surface area contributed by atoms with Gasteiger partial charge in [0, 0.05) is 49.5 Å². The molecule has 1 aliphatic carbocycles. The molecule has 27 heavy (non-hydrogen) atoms. The van der Waals surface area contributed by atoms with Crippen molar-refractivity contribution in [3.8, 4) is 11.1 Å². The number of anilines is 1. The quantitative estimate of drug-likeness (QED) is 0.599. The van der Waals surface area contributed by atoms with Gasteiger partial charge in [-0.05, 0) is 19.1 Å². The molecule has 5 rings (SSSR count). The first-order chi connectivity index (χ1) is 12.9. The second-order valence-electron chi connectivity index (χ2n) is 6.90. The maximum Gasteiger partial charge on any atom is 0.252 e. The van der Waals surface area contributed by atoms with Crippen LogP contribution in [0.2, 0.25) is 0 Å². The van der Waals surface area contributed by atoms with Crippen LogP contribution < -0.4 is 5.32 Å². The van der Waals surface area contributed by atoms with Gasteiger partial charge in [-0.1, -0.05) is 0 Å². The lowest BCUT2D eigenvalue weighted by atomic mass is 9.87. The van der Waals surface area contributed by atoms with Gasteiger partial charge < -0.3 is 9.88 Å². The normalized spacial score (nSPS) is 16.7. The zero-order chi connectivity index (χ0) is 18.8. The molecule has 1 aliphatic rings. The van der Waals surface area contributed by atoms with Crippen molar-refractivity contribution in [2.45, 2.75) is 31.7 Å². The van der Waals surface area contributed by atoms with Gasteiger partial charge >= 0.3 is 0 Å². The van der Waals surface area contributed by atoms with Crippen LogP contribution in [0.4, 0.5) is 14.7 Å². The number of hydrogen-bond donors (Lipinski definition) is 1. The zero-order valence-electron chi connectivity index (χ0n) is 14.8. The summed E-state index contributed by atoms with van der Waals surface area (Å²) >= 11 is 0. The van der Waals surface area contributed by atoms with Gasteiger partial charge in [-0.25, -0.2) is 28.2 Å². The van der Waals surface area contributed by atoms with Gasteiger partial charge in [0.15, 0.2) is 5.65 Å². The Morgan fingerprint density at radius 2 is 2.00 bits per heavy atom. The number of aryl methyl sites for hydroxylation is 1. The van der Waals surface area contributed by atoms with Gasteiger partial charge in [0.25, 0.3) is 5.92 Å². The van der Waals surface area contributed by atoms with Crippen LogP contribution in [0, 0.1) is 6.92 Å². The van der Waals surface area contributed by atoms with E-state index in [1.807, 2.05) is 29.8 Å². The number of nitrogens with one attached hydrogen (secondary N) is 1. The lowest BCUT2D eigenvalue weighted by Crippen LogP contribution is -2.37. The molecule has 0 unspecified atom stereocenters. The van der Waals surface area contributed by atoms with Crippen molar-refractivity contribution < 1.29 is 8.78 Å². The molecule has 9 heteroatoms. The average molecular weight is 369 g/mol. The third-order valence-electron chi connectivity index (χ3n) is 5.11. The summed E-state index contributed by atoms with van der Waals surface area (Å²) in [6, 6.07) is 3.66. The van der Waals surface area contributed by atoms with Gasteiger partial charge in [0.2, 0.25) is 5.95 Å². The minimum Gasteiger partial charge on any atom is -0.356 e. The van der Waals surface area contributed by atoms with Crippen LogP contribution in [0.1, 0.15) is 24.7 Å². The van der Waals surface area contributed by atoms with Crippen LogP contribution in [0.5, 0.6) is 0 Å². The summed E-state index contributed by atoms with van der Waals surface area (Å²) in [5.41, 5.74) is 3.99. The number of imidazole rings is 1. The molecule has 0 aromatic carbocycles. The number of alkyl halides is 2. The number of pyridine rings is 1. The molecular formula is C18H17F2N7.